The van der Waals surface area contributed by atoms with Crippen LogP contribution in [0.1, 0.15) is 42.5 Å². The van der Waals surface area contributed by atoms with Crippen molar-refractivity contribution < 1.29 is 0 Å². The minimum atomic E-state index is 0.408. The largest absolute Gasteiger partial charge is 0.325 e. The second kappa shape index (κ2) is 3.39. The minimum absolute atomic E-state index is 0.408. The molecular formula is C10H16N2S. The molecule has 0 amide bonds. The second-order valence-electron chi connectivity index (χ2n) is 4.09. The third kappa shape index (κ3) is 1.63. The SMILES string of the molecule is CC1(c2cnc(CN)s2)CCCC1. The standard InChI is InChI=1S/C10H16N2S/c1-10(4-2-3-5-10)8-7-12-9(6-11)13-8/h7H,2-6,11H2,1H3. The molecule has 0 spiro atoms. The summed E-state index contributed by atoms with van der Waals surface area (Å²) in [7, 11) is 0. The summed E-state index contributed by atoms with van der Waals surface area (Å²) in [6, 6.07) is 0. The first-order chi connectivity index (χ1) is 6.24. The molecule has 2 N–H and O–H groups in total. The Kier molecular flexibility index (Phi) is 2.39. The van der Waals surface area contributed by atoms with Crippen molar-refractivity contribution in [3.8, 4) is 0 Å². The normalized spacial score (nSPS) is 20.8. The molecule has 0 saturated heterocycles. The molecule has 0 aromatic carbocycles. The Labute approximate surface area is 83.2 Å². The zero-order chi connectivity index (χ0) is 9.31. The molecule has 72 valence electrons. The van der Waals surface area contributed by atoms with Gasteiger partial charge in [-0.25, -0.2) is 4.98 Å². The van der Waals surface area contributed by atoms with Crippen LogP contribution in [0.3, 0.4) is 0 Å². The lowest BCUT2D eigenvalue weighted by Gasteiger charge is -2.20. The maximum absolute atomic E-state index is 5.55. The molecule has 13 heavy (non-hydrogen) atoms. The van der Waals surface area contributed by atoms with Gasteiger partial charge >= 0.3 is 0 Å². The van der Waals surface area contributed by atoms with Crippen LogP contribution >= 0.6 is 11.3 Å². The third-order valence-electron chi connectivity index (χ3n) is 3.03. The smallest absolute Gasteiger partial charge is 0.106 e. The van der Waals surface area contributed by atoms with E-state index in [-0.39, 0.29) is 0 Å². The molecule has 0 unspecified atom stereocenters. The number of rotatable bonds is 2. The van der Waals surface area contributed by atoms with Crippen LogP contribution in [0.25, 0.3) is 0 Å². The Morgan fingerprint density at radius 1 is 1.54 bits per heavy atom. The molecule has 1 aliphatic rings. The fraction of sp³-hybridized carbons (Fsp3) is 0.700. The van der Waals surface area contributed by atoms with Gasteiger partial charge in [0.05, 0.1) is 0 Å². The average Bonchev–Trinajstić information content (AvgIpc) is 2.72. The molecular weight excluding hydrogens is 180 g/mol. The predicted octanol–water partition coefficient (Wildman–Crippen LogP) is 2.43. The van der Waals surface area contributed by atoms with Crippen molar-refractivity contribution in [2.24, 2.45) is 5.73 Å². The van der Waals surface area contributed by atoms with Crippen molar-refractivity contribution in [1.29, 1.82) is 0 Å². The molecule has 0 radical (unpaired) electrons. The molecule has 0 atom stereocenters. The molecule has 1 aliphatic carbocycles. The Morgan fingerprint density at radius 3 is 2.77 bits per heavy atom. The highest BCUT2D eigenvalue weighted by molar-refractivity contribution is 7.11. The topological polar surface area (TPSA) is 38.9 Å². The van der Waals surface area contributed by atoms with Crippen molar-refractivity contribution >= 4 is 11.3 Å². The number of aromatic nitrogens is 1. The zero-order valence-corrected chi connectivity index (χ0v) is 8.86. The van der Waals surface area contributed by atoms with E-state index in [1.807, 2.05) is 6.20 Å². The first-order valence-corrected chi connectivity index (χ1v) is 5.71. The Bertz CT molecular complexity index is 287. The highest BCUT2D eigenvalue weighted by Crippen LogP contribution is 2.42. The average molecular weight is 196 g/mol. The van der Waals surface area contributed by atoms with E-state index in [4.69, 9.17) is 5.73 Å². The second-order valence-corrected chi connectivity index (χ2v) is 5.21. The summed E-state index contributed by atoms with van der Waals surface area (Å²) >= 11 is 1.79. The van der Waals surface area contributed by atoms with Crippen LogP contribution in [0.5, 0.6) is 0 Å². The van der Waals surface area contributed by atoms with Gasteiger partial charge in [0.2, 0.25) is 0 Å². The number of hydrogen-bond acceptors (Lipinski definition) is 3. The maximum Gasteiger partial charge on any atom is 0.106 e. The van der Waals surface area contributed by atoms with Crippen LogP contribution in [0.2, 0.25) is 0 Å². The fourth-order valence-corrected chi connectivity index (χ4v) is 3.08. The van der Waals surface area contributed by atoms with Crippen molar-refractivity contribution in [2.45, 2.75) is 44.6 Å². The Hall–Kier alpha value is -0.410. The minimum Gasteiger partial charge on any atom is -0.325 e. The molecule has 1 aromatic heterocycles. The van der Waals surface area contributed by atoms with Crippen LogP contribution < -0.4 is 5.73 Å². The third-order valence-corrected chi connectivity index (χ3v) is 4.36. The lowest BCUT2D eigenvalue weighted by Crippen LogP contribution is -2.14. The molecule has 3 heteroatoms. The first kappa shape index (κ1) is 9.16. The summed E-state index contributed by atoms with van der Waals surface area (Å²) in [5, 5.41) is 1.07. The quantitative estimate of drug-likeness (QED) is 0.789. The van der Waals surface area contributed by atoms with E-state index in [0.717, 1.165) is 5.01 Å². The lowest BCUT2D eigenvalue weighted by atomic mass is 9.88. The summed E-state index contributed by atoms with van der Waals surface area (Å²) in [6.45, 7) is 2.94. The number of thiazole rings is 1. The van der Waals surface area contributed by atoms with Gasteiger partial charge in [-0.15, -0.1) is 11.3 Å². The van der Waals surface area contributed by atoms with Gasteiger partial charge in [0.25, 0.3) is 0 Å². The van der Waals surface area contributed by atoms with Crippen molar-refractivity contribution in [1.82, 2.24) is 4.98 Å². The molecule has 2 rings (SSSR count). The van der Waals surface area contributed by atoms with E-state index in [1.165, 1.54) is 30.6 Å². The number of hydrogen-bond donors (Lipinski definition) is 1. The zero-order valence-electron chi connectivity index (χ0n) is 8.05. The van der Waals surface area contributed by atoms with Crippen molar-refractivity contribution in [2.75, 3.05) is 0 Å². The number of nitrogens with two attached hydrogens (primary N) is 1. The van der Waals surface area contributed by atoms with E-state index in [0.29, 0.717) is 12.0 Å². The van der Waals surface area contributed by atoms with Crippen LogP contribution in [0.4, 0.5) is 0 Å². The van der Waals surface area contributed by atoms with Gasteiger partial charge in [-0.05, 0) is 12.8 Å². The lowest BCUT2D eigenvalue weighted by molar-refractivity contribution is 0.501. The summed E-state index contributed by atoms with van der Waals surface area (Å²) in [5.74, 6) is 0. The summed E-state index contributed by atoms with van der Waals surface area (Å²) in [4.78, 5) is 5.75. The number of nitrogens with zero attached hydrogens (tertiary/aromatic N) is 1. The molecule has 1 aromatic rings. The van der Waals surface area contributed by atoms with Gasteiger partial charge in [0, 0.05) is 23.0 Å². The van der Waals surface area contributed by atoms with E-state index in [9.17, 15) is 0 Å². The van der Waals surface area contributed by atoms with Crippen LogP contribution in [-0.4, -0.2) is 4.98 Å². The van der Waals surface area contributed by atoms with Crippen molar-refractivity contribution in [3.05, 3.63) is 16.1 Å². The Morgan fingerprint density at radius 2 is 2.23 bits per heavy atom. The summed E-state index contributed by atoms with van der Waals surface area (Å²) < 4.78 is 0. The van der Waals surface area contributed by atoms with Gasteiger partial charge < -0.3 is 5.73 Å². The van der Waals surface area contributed by atoms with E-state index >= 15 is 0 Å². The monoisotopic (exact) mass is 196 g/mol. The molecule has 1 heterocycles. The summed E-state index contributed by atoms with van der Waals surface area (Å²) in [6.07, 6.45) is 7.40. The van der Waals surface area contributed by atoms with Gasteiger partial charge in [-0.3, -0.25) is 0 Å². The van der Waals surface area contributed by atoms with Crippen molar-refractivity contribution in [3.63, 3.8) is 0 Å². The molecule has 1 saturated carbocycles. The maximum atomic E-state index is 5.55. The van der Waals surface area contributed by atoms with E-state index < -0.39 is 0 Å². The van der Waals surface area contributed by atoms with Crippen LogP contribution in [0.15, 0.2) is 6.20 Å². The van der Waals surface area contributed by atoms with E-state index in [1.54, 1.807) is 11.3 Å². The first-order valence-electron chi connectivity index (χ1n) is 4.90. The van der Waals surface area contributed by atoms with Gasteiger partial charge in [-0.1, -0.05) is 19.8 Å². The molecule has 0 aliphatic heterocycles. The molecule has 0 bridgehead atoms. The highest BCUT2D eigenvalue weighted by Gasteiger charge is 2.32. The van der Waals surface area contributed by atoms with Gasteiger partial charge in [0.15, 0.2) is 0 Å². The van der Waals surface area contributed by atoms with Crippen LogP contribution in [-0.2, 0) is 12.0 Å². The van der Waals surface area contributed by atoms with Gasteiger partial charge in [-0.2, -0.15) is 0 Å². The van der Waals surface area contributed by atoms with Crippen LogP contribution in [0, 0.1) is 0 Å². The predicted molar refractivity (Wildman–Crippen MR) is 55.8 cm³/mol. The molecule has 2 nitrogen and oxygen atoms in total. The summed E-state index contributed by atoms with van der Waals surface area (Å²) in [5.41, 5.74) is 5.96. The van der Waals surface area contributed by atoms with E-state index in [2.05, 4.69) is 11.9 Å². The molecule has 1 fully saturated rings. The highest BCUT2D eigenvalue weighted by atomic mass is 32.1. The Balaban J connectivity index is 2.23. The fourth-order valence-electron chi connectivity index (χ4n) is 2.09. The van der Waals surface area contributed by atoms with Gasteiger partial charge in [0.1, 0.15) is 5.01 Å².